The molecule has 1 saturated carbocycles. The minimum Gasteiger partial charge on any atom is -0.365 e. The van der Waals surface area contributed by atoms with E-state index in [0.717, 1.165) is 36.8 Å². The first-order valence-electron chi connectivity index (χ1n) is 6.38. The lowest BCUT2D eigenvalue weighted by Crippen LogP contribution is -2.20. The van der Waals surface area contributed by atoms with Crippen molar-refractivity contribution in [1.82, 2.24) is 0 Å². The molecule has 0 aliphatic heterocycles. The van der Waals surface area contributed by atoms with Gasteiger partial charge in [0.1, 0.15) is 0 Å². The van der Waals surface area contributed by atoms with E-state index in [0.29, 0.717) is 11.5 Å². The molecule has 3 nitrogen and oxygen atoms in total. The molecule has 0 bridgehead atoms. The van der Waals surface area contributed by atoms with E-state index in [-0.39, 0.29) is 11.4 Å². The van der Waals surface area contributed by atoms with Crippen molar-refractivity contribution < 1.29 is 9.59 Å². The maximum atomic E-state index is 12.2. The largest absolute Gasteiger partial charge is 0.365 e. The second-order valence-electron chi connectivity index (χ2n) is 5.01. The van der Waals surface area contributed by atoms with E-state index in [9.17, 15) is 9.59 Å². The maximum Gasteiger partial charge on any atom is 0.253 e. The third-order valence-electron chi connectivity index (χ3n) is 3.97. The van der Waals surface area contributed by atoms with E-state index in [4.69, 9.17) is 5.73 Å². The third kappa shape index (κ3) is 1.50. The van der Waals surface area contributed by atoms with E-state index in [1.807, 2.05) is 18.2 Å². The number of benzene rings is 1. The predicted molar refractivity (Wildman–Crippen MR) is 68.8 cm³/mol. The monoisotopic (exact) mass is 241 g/mol. The molecule has 0 unspecified atom stereocenters. The zero-order chi connectivity index (χ0) is 12.7. The number of Topliss-reactive ketones (excluding diaryl/α,β-unsaturated/α-hetero) is 1. The van der Waals surface area contributed by atoms with E-state index in [1.165, 1.54) is 0 Å². The highest BCUT2D eigenvalue weighted by Gasteiger charge is 2.36. The van der Waals surface area contributed by atoms with Crippen LogP contribution in [-0.2, 0) is 4.79 Å². The summed E-state index contributed by atoms with van der Waals surface area (Å²) in [4.78, 5) is 23.8. The van der Waals surface area contributed by atoms with Crippen molar-refractivity contribution in [2.45, 2.75) is 25.7 Å². The lowest BCUT2D eigenvalue weighted by molar-refractivity contribution is -0.114. The molecule has 1 amide bonds. The highest BCUT2D eigenvalue weighted by atomic mass is 16.2. The number of amides is 1. The summed E-state index contributed by atoms with van der Waals surface area (Å²) < 4.78 is 0. The van der Waals surface area contributed by atoms with Crippen molar-refractivity contribution in [2.24, 2.45) is 11.7 Å². The molecule has 3 heteroatoms. The summed E-state index contributed by atoms with van der Waals surface area (Å²) in [6.07, 6.45) is 4.43. The van der Waals surface area contributed by atoms with Crippen molar-refractivity contribution in [2.75, 3.05) is 0 Å². The fraction of sp³-hybridized carbons (Fsp3) is 0.333. The smallest absolute Gasteiger partial charge is 0.253 e. The van der Waals surface area contributed by atoms with Gasteiger partial charge in [0.05, 0.1) is 5.57 Å². The zero-order valence-electron chi connectivity index (χ0n) is 10.1. The van der Waals surface area contributed by atoms with E-state index in [2.05, 4.69) is 0 Å². The Balaban J connectivity index is 2.19. The molecular weight excluding hydrogens is 226 g/mol. The Bertz CT molecular complexity index is 566. The average molecular weight is 241 g/mol. The molecule has 2 N–H and O–H groups in total. The molecule has 1 fully saturated rings. The number of allylic oxidation sites excluding steroid dienone is 1. The molecule has 0 aromatic heterocycles. The topological polar surface area (TPSA) is 60.2 Å². The Hall–Kier alpha value is -1.90. The highest BCUT2D eigenvalue weighted by Crippen LogP contribution is 2.43. The molecule has 0 saturated heterocycles. The summed E-state index contributed by atoms with van der Waals surface area (Å²) in [6, 6.07) is 7.44. The van der Waals surface area contributed by atoms with E-state index >= 15 is 0 Å². The Morgan fingerprint density at radius 1 is 1.11 bits per heavy atom. The summed E-state index contributed by atoms with van der Waals surface area (Å²) >= 11 is 0. The van der Waals surface area contributed by atoms with E-state index in [1.54, 1.807) is 6.07 Å². The third-order valence-corrected chi connectivity index (χ3v) is 3.97. The number of carbonyl (C=O) groups is 2. The second kappa shape index (κ2) is 4.09. The van der Waals surface area contributed by atoms with Crippen LogP contribution < -0.4 is 5.73 Å². The Labute approximate surface area is 106 Å². The fourth-order valence-corrected chi connectivity index (χ4v) is 3.19. The van der Waals surface area contributed by atoms with Gasteiger partial charge in [-0.05, 0) is 29.9 Å². The van der Waals surface area contributed by atoms with Gasteiger partial charge in [0.2, 0.25) is 0 Å². The van der Waals surface area contributed by atoms with Crippen molar-refractivity contribution >= 4 is 17.3 Å². The van der Waals surface area contributed by atoms with Gasteiger partial charge in [-0.15, -0.1) is 0 Å². The number of fused-ring (bicyclic) bond motifs is 1. The standard InChI is InChI=1S/C15H15NO2/c16-15(18)13-12(9-5-1-2-6-9)10-7-3-4-8-11(10)14(13)17/h3-4,7-9H,1-2,5-6H2,(H2,16,18). The van der Waals surface area contributed by atoms with Crippen LogP contribution in [0.5, 0.6) is 0 Å². The van der Waals surface area contributed by atoms with Crippen LogP contribution in [0.4, 0.5) is 0 Å². The Morgan fingerprint density at radius 3 is 2.33 bits per heavy atom. The first-order chi connectivity index (χ1) is 8.70. The number of nitrogens with two attached hydrogens (primary N) is 1. The SMILES string of the molecule is NC(=O)C1=C(C2CCCC2)c2ccccc2C1=O. The number of primary amides is 1. The van der Waals surface area contributed by atoms with Crippen LogP contribution in [0.1, 0.15) is 41.6 Å². The predicted octanol–water partition coefficient (Wildman–Crippen LogP) is 2.31. The summed E-state index contributed by atoms with van der Waals surface area (Å²) in [6.45, 7) is 0. The van der Waals surface area contributed by atoms with Crippen LogP contribution >= 0.6 is 0 Å². The summed E-state index contributed by atoms with van der Waals surface area (Å²) in [5.41, 5.74) is 8.09. The summed E-state index contributed by atoms with van der Waals surface area (Å²) in [5, 5.41) is 0. The van der Waals surface area contributed by atoms with Gasteiger partial charge in [-0.25, -0.2) is 0 Å². The molecule has 0 atom stereocenters. The molecular formula is C15H15NO2. The van der Waals surface area contributed by atoms with E-state index < -0.39 is 5.91 Å². The molecule has 18 heavy (non-hydrogen) atoms. The fourth-order valence-electron chi connectivity index (χ4n) is 3.19. The minimum atomic E-state index is -0.585. The molecule has 1 aromatic carbocycles. The molecule has 92 valence electrons. The van der Waals surface area contributed by atoms with Gasteiger partial charge in [-0.2, -0.15) is 0 Å². The van der Waals surface area contributed by atoms with Crippen LogP contribution in [0.3, 0.4) is 0 Å². The van der Waals surface area contributed by atoms with Crippen LogP contribution in [0.2, 0.25) is 0 Å². The molecule has 2 aliphatic carbocycles. The number of carbonyl (C=O) groups excluding carboxylic acids is 2. The minimum absolute atomic E-state index is 0.194. The lowest BCUT2D eigenvalue weighted by Gasteiger charge is -2.13. The van der Waals surface area contributed by atoms with Gasteiger partial charge in [0.15, 0.2) is 5.78 Å². The molecule has 2 aliphatic rings. The summed E-state index contributed by atoms with van der Waals surface area (Å²) in [7, 11) is 0. The maximum absolute atomic E-state index is 12.2. The average Bonchev–Trinajstić information content (AvgIpc) is 2.96. The van der Waals surface area contributed by atoms with Crippen LogP contribution in [0, 0.1) is 5.92 Å². The molecule has 0 radical (unpaired) electrons. The number of ketones is 1. The Morgan fingerprint density at radius 2 is 1.72 bits per heavy atom. The molecule has 0 spiro atoms. The first-order valence-corrected chi connectivity index (χ1v) is 6.38. The van der Waals surface area contributed by atoms with Crippen molar-refractivity contribution in [3.63, 3.8) is 0 Å². The normalized spacial score (nSPS) is 19.4. The van der Waals surface area contributed by atoms with Crippen molar-refractivity contribution in [3.8, 4) is 0 Å². The van der Waals surface area contributed by atoms with Gasteiger partial charge in [-0.3, -0.25) is 9.59 Å². The zero-order valence-corrected chi connectivity index (χ0v) is 10.1. The first kappa shape index (κ1) is 11.2. The molecule has 3 rings (SSSR count). The molecule has 0 heterocycles. The number of hydrogen-bond donors (Lipinski definition) is 1. The number of rotatable bonds is 2. The van der Waals surface area contributed by atoms with Gasteiger partial charge in [-0.1, -0.05) is 37.1 Å². The van der Waals surface area contributed by atoms with Crippen LogP contribution in [-0.4, -0.2) is 11.7 Å². The second-order valence-corrected chi connectivity index (χ2v) is 5.01. The van der Waals surface area contributed by atoms with Crippen LogP contribution in [0.25, 0.3) is 5.57 Å². The van der Waals surface area contributed by atoms with Gasteiger partial charge in [0, 0.05) is 5.56 Å². The highest BCUT2D eigenvalue weighted by molar-refractivity contribution is 6.34. The molecule has 1 aromatic rings. The van der Waals surface area contributed by atoms with Crippen molar-refractivity contribution in [1.29, 1.82) is 0 Å². The van der Waals surface area contributed by atoms with Gasteiger partial charge < -0.3 is 5.73 Å². The van der Waals surface area contributed by atoms with Gasteiger partial charge >= 0.3 is 0 Å². The quantitative estimate of drug-likeness (QED) is 0.808. The van der Waals surface area contributed by atoms with Crippen molar-refractivity contribution in [3.05, 3.63) is 41.0 Å². The Kier molecular flexibility index (Phi) is 2.54. The van der Waals surface area contributed by atoms with Gasteiger partial charge in [0.25, 0.3) is 5.91 Å². The summed E-state index contributed by atoms with van der Waals surface area (Å²) in [5.74, 6) is -0.460. The lowest BCUT2D eigenvalue weighted by atomic mass is 9.90. The van der Waals surface area contributed by atoms with Crippen LogP contribution in [0.15, 0.2) is 29.8 Å². The number of hydrogen-bond acceptors (Lipinski definition) is 2.